The molecule has 0 aromatic carbocycles. The highest BCUT2D eigenvalue weighted by Gasteiger charge is 2.51. The highest BCUT2D eigenvalue weighted by molar-refractivity contribution is 5.03. The van der Waals surface area contributed by atoms with E-state index in [-0.39, 0.29) is 5.60 Å². The van der Waals surface area contributed by atoms with Crippen LogP contribution in [-0.4, -0.2) is 10.7 Å². The summed E-state index contributed by atoms with van der Waals surface area (Å²) in [5.41, 5.74) is -0.204. The van der Waals surface area contributed by atoms with Crippen LogP contribution in [0.5, 0.6) is 0 Å². The second-order valence-electron chi connectivity index (χ2n) is 5.33. The first-order valence-electron chi connectivity index (χ1n) is 5.49. The van der Waals surface area contributed by atoms with E-state index >= 15 is 0 Å². The fourth-order valence-electron chi connectivity index (χ4n) is 3.49. The summed E-state index contributed by atoms with van der Waals surface area (Å²) in [7, 11) is 0. The predicted octanol–water partition coefficient (Wildman–Crippen LogP) is 2.34. The van der Waals surface area contributed by atoms with Crippen LogP contribution in [0.4, 0.5) is 0 Å². The molecule has 3 aliphatic carbocycles. The Labute approximate surface area is 74.2 Å². The quantitative estimate of drug-likeness (QED) is 0.667. The minimum absolute atomic E-state index is 0.204. The maximum Gasteiger partial charge on any atom is 0.0681 e. The van der Waals surface area contributed by atoms with E-state index in [0.717, 1.165) is 24.7 Å². The van der Waals surface area contributed by atoms with Gasteiger partial charge in [-0.1, -0.05) is 12.8 Å². The van der Waals surface area contributed by atoms with Gasteiger partial charge < -0.3 is 5.11 Å². The van der Waals surface area contributed by atoms with Gasteiger partial charge in [-0.2, -0.15) is 0 Å². The molecule has 12 heavy (non-hydrogen) atoms. The van der Waals surface area contributed by atoms with Gasteiger partial charge in [0, 0.05) is 0 Å². The maximum atomic E-state index is 10.4. The first-order valence-corrected chi connectivity index (χ1v) is 5.49. The van der Waals surface area contributed by atoms with Gasteiger partial charge in [-0.05, 0) is 49.9 Å². The van der Waals surface area contributed by atoms with Crippen molar-refractivity contribution in [2.75, 3.05) is 0 Å². The van der Waals surface area contributed by atoms with Crippen molar-refractivity contribution in [2.24, 2.45) is 17.8 Å². The Bertz CT molecular complexity index is 197. The summed E-state index contributed by atoms with van der Waals surface area (Å²) >= 11 is 0. The average Bonchev–Trinajstić information content (AvgIpc) is 2.62. The molecule has 1 heteroatoms. The lowest BCUT2D eigenvalue weighted by Gasteiger charge is -2.32. The number of aliphatic hydroxyl groups is 1. The highest BCUT2D eigenvalue weighted by Crippen LogP contribution is 2.55. The van der Waals surface area contributed by atoms with Crippen LogP contribution in [0.3, 0.4) is 0 Å². The molecule has 0 saturated heterocycles. The van der Waals surface area contributed by atoms with E-state index in [2.05, 4.69) is 0 Å². The molecule has 3 unspecified atom stereocenters. The van der Waals surface area contributed by atoms with Gasteiger partial charge in [-0.25, -0.2) is 0 Å². The summed E-state index contributed by atoms with van der Waals surface area (Å²) in [4.78, 5) is 0. The van der Waals surface area contributed by atoms with E-state index < -0.39 is 0 Å². The van der Waals surface area contributed by atoms with Crippen molar-refractivity contribution in [3.63, 3.8) is 0 Å². The molecule has 0 aromatic rings. The predicted molar refractivity (Wildman–Crippen MR) is 47.7 cm³/mol. The van der Waals surface area contributed by atoms with E-state index in [0.29, 0.717) is 5.92 Å². The van der Waals surface area contributed by atoms with Gasteiger partial charge in [0.1, 0.15) is 0 Å². The lowest BCUT2D eigenvalue weighted by Crippen LogP contribution is -2.35. The molecule has 3 aliphatic rings. The van der Waals surface area contributed by atoms with Crippen molar-refractivity contribution in [1.29, 1.82) is 0 Å². The zero-order valence-corrected chi connectivity index (χ0v) is 7.63. The maximum absolute atomic E-state index is 10.4. The molecule has 3 rings (SSSR count). The van der Waals surface area contributed by atoms with Gasteiger partial charge in [0.05, 0.1) is 5.60 Å². The van der Waals surface area contributed by atoms with Crippen molar-refractivity contribution in [2.45, 2.75) is 50.5 Å². The van der Waals surface area contributed by atoms with Crippen molar-refractivity contribution in [1.82, 2.24) is 0 Å². The van der Waals surface area contributed by atoms with Gasteiger partial charge in [-0.3, -0.25) is 0 Å². The van der Waals surface area contributed by atoms with E-state index in [1.807, 2.05) is 0 Å². The molecule has 0 heterocycles. The molecule has 0 radical (unpaired) electrons. The Morgan fingerprint density at radius 1 is 1.17 bits per heavy atom. The third kappa shape index (κ3) is 1.02. The molecule has 0 aromatic heterocycles. The van der Waals surface area contributed by atoms with E-state index in [1.165, 1.54) is 32.1 Å². The van der Waals surface area contributed by atoms with Crippen LogP contribution in [0.1, 0.15) is 44.9 Å². The van der Waals surface area contributed by atoms with Crippen LogP contribution < -0.4 is 0 Å². The number of fused-ring (bicyclic) bond motifs is 2. The van der Waals surface area contributed by atoms with Crippen LogP contribution in [0.2, 0.25) is 0 Å². The molecule has 2 bridgehead atoms. The molecular formula is C11H18O. The van der Waals surface area contributed by atoms with Crippen LogP contribution in [0.25, 0.3) is 0 Å². The standard InChI is InChI=1S/C11H18O/c12-11(6-8-1-2-8)7-9-3-4-10(11)5-9/h8-10,12H,1-7H2. The third-order valence-corrected chi connectivity index (χ3v) is 4.28. The van der Waals surface area contributed by atoms with Gasteiger partial charge >= 0.3 is 0 Å². The molecule has 3 atom stereocenters. The van der Waals surface area contributed by atoms with Crippen molar-refractivity contribution < 1.29 is 5.11 Å². The Kier molecular flexibility index (Phi) is 1.39. The fourth-order valence-corrected chi connectivity index (χ4v) is 3.49. The number of rotatable bonds is 2. The first-order chi connectivity index (χ1) is 5.76. The lowest BCUT2D eigenvalue weighted by atomic mass is 9.80. The van der Waals surface area contributed by atoms with E-state index in [9.17, 15) is 5.11 Å². The van der Waals surface area contributed by atoms with Crippen molar-refractivity contribution in [3.05, 3.63) is 0 Å². The summed E-state index contributed by atoms with van der Waals surface area (Å²) in [6, 6.07) is 0. The molecule has 1 N–H and O–H groups in total. The molecule has 0 amide bonds. The van der Waals surface area contributed by atoms with Crippen LogP contribution in [0.15, 0.2) is 0 Å². The van der Waals surface area contributed by atoms with Gasteiger partial charge in [0.25, 0.3) is 0 Å². The minimum atomic E-state index is -0.204. The molecule has 3 saturated carbocycles. The molecule has 0 spiro atoms. The Morgan fingerprint density at radius 3 is 2.50 bits per heavy atom. The summed E-state index contributed by atoms with van der Waals surface area (Å²) in [5.74, 6) is 2.47. The largest absolute Gasteiger partial charge is 0.390 e. The topological polar surface area (TPSA) is 20.2 Å². The summed E-state index contributed by atoms with van der Waals surface area (Å²) in [6.07, 6.45) is 9.09. The Balaban J connectivity index is 1.73. The smallest absolute Gasteiger partial charge is 0.0681 e. The van der Waals surface area contributed by atoms with Crippen LogP contribution in [0, 0.1) is 17.8 Å². The molecule has 0 aliphatic heterocycles. The summed E-state index contributed by atoms with van der Waals surface area (Å²) in [5, 5.41) is 10.4. The highest BCUT2D eigenvalue weighted by atomic mass is 16.3. The monoisotopic (exact) mass is 166 g/mol. The normalized spacial score (nSPS) is 51.8. The third-order valence-electron chi connectivity index (χ3n) is 4.28. The van der Waals surface area contributed by atoms with Crippen molar-refractivity contribution in [3.8, 4) is 0 Å². The molecule has 1 nitrogen and oxygen atoms in total. The molecular weight excluding hydrogens is 148 g/mol. The SMILES string of the molecule is OC1(CC2CC2)CC2CCC1C2. The van der Waals surface area contributed by atoms with E-state index in [1.54, 1.807) is 0 Å². The molecule has 3 fully saturated rings. The average molecular weight is 166 g/mol. The second-order valence-corrected chi connectivity index (χ2v) is 5.33. The van der Waals surface area contributed by atoms with E-state index in [4.69, 9.17) is 0 Å². The van der Waals surface area contributed by atoms with Gasteiger partial charge in [0.2, 0.25) is 0 Å². The molecule has 68 valence electrons. The van der Waals surface area contributed by atoms with Crippen molar-refractivity contribution >= 4 is 0 Å². The van der Waals surface area contributed by atoms with Gasteiger partial charge in [-0.15, -0.1) is 0 Å². The number of hydrogen-bond acceptors (Lipinski definition) is 1. The lowest BCUT2D eigenvalue weighted by molar-refractivity contribution is -0.0251. The summed E-state index contributed by atoms with van der Waals surface area (Å²) < 4.78 is 0. The number of hydrogen-bond donors (Lipinski definition) is 1. The van der Waals surface area contributed by atoms with Crippen LogP contribution >= 0.6 is 0 Å². The zero-order valence-electron chi connectivity index (χ0n) is 7.63. The summed E-state index contributed by atoms with van der Waals surface area (Å²) in [6.45, 7) is 0. The Hall–Kier alpha value is -0.0400. The minimum Gasteiger partial charge on any atom is -0.390 e. The fraction of sp³-hybridized carbons (Fsp3) is 1.00. The Morgan fingerprint density at radius 2 is 2.00 bits per heavy atom. The zero-order chi connectivity index (χ0) is 8.18. The second kappa shape index (κ2) is 2.25. The first kappa shape index (κ1) is 7.37. The van der Waals surface area contributed by atoms with Gasteiger partial charge in [0.15, 0.2) is 0 Å². The van der Waals surface area contributed by atoms with Crippen LogP contribution in [-0.2, 0) is 0 Å².